The molecule has 2 aromatic heterocycles. The number of nitrogens with zero attached hydrogens (tertiary/aromatic N) is 4. The number of hydrogen-bond donors (Lipinski definition) is 0. The molecule has 0 N–H and O–H groups in total. The lowest BCUT2D eigenvalue weighted by Crippen LogP contribution is -2.13. The summed E-state index contributed by atoms with van der Waals surface area (Å²) >= 11 is 0. The molecule has 0 bridgehead atoms. The molecule has 0 aliphatic heterocycles. The SMILES string of the molecule is c1ccc(-c2cn(C3CCCCC3)nn2)nc1. The molecular weight excluding hydrogens is 212 g/mol. The summed E-state index contributed by atoms with van der Waals surface area (Å²) in [5.74, 6) is 0. The second-order valence-corrected chi connectivity index (χ2v) is 4.59. The smallest absolute Gasteiger partial charge is 0.131 e. The van der Waals surface area contributed by atoms with E-state index >= 15 is 0 Å². The molecule has 1 aliphatic carbocycles. The van der Waals surface area contributed by atoms with Gasteiger partial charge in [0, 0.05) is 6.20 Å². The van der Waals surface area contributed by atoms with Crippen molar-refractivity contribution >= 4 is 0 Å². The topological polar surface area (TPSA) is 43.6 Å². The summed E-state index contributed by atoms with van der Waals surface area (Å²) in [5, 5.41) is 8.46. The van der Waals surface area contributed by atoms with E-state index in [-0.39, 0.29) is 0 Å². The van der Waals surface area contributed by atoms with Crippen molar-refractivity contribution in [3.05, 3.63) is 30.6 Å². The zero-order valence-electron chi connectivity index (χ0n) is 9.79. The lowest BCUT2D eigenvalue weighted by molar-refractivity contribution is 0.324. The Hall–Kier alpha value is -1.71. The molecule has 3 rings (SSSR count). The first-order chi connectivity index (χ1) is 8.43. The average Bonchev–Trinajstić information content (AvgIpc) is 2.90. The molecule has 0 spiro atoms. The molecule has 88 valence electrons. The Bertz CT molecular complexity index is 471. The monoisotopic (exact) mass is 228 g/mol. The number of hydrogen-bond acceptors (Lipinski definition) is 3. The van der Waals surface area contributed by atoms with Gasteiger partial charge in [-0.25, -0.2) is 4.68 Å². The van der Waals surface area contributed by atoms with Gasteiger partial charge in [-0.05, 0) is 25.0 Å². The highest BCUT2D eigenvalue weighted by Crippen LogP contribution is 2.28. The lowest BCUT2D eigenvalue weighted by atomic mass is 9.96. The fourth-order valence-corrected chi connectivity index (χ4v) is 2.43. The lowest BCUT2D eigenvalue weighted by Gasteiger charge is -2.20. The minimum atomic E-state index is 0.536. The Balaban J connectivity index is 1.83. The molecule has 1 saturated carbocycles. The van der Waals surface area contributed by atoms with E-state index in [4.69, 9.17) is 0 Å². The maximum Gasteiger partial charge on any atom is 0.131 e. The molecule has 1 fully saturated rings. The third kappa shape index (κ3) is 2.20. The van der Waals surface area contributed by atoms with E-state index in [1.165, 1.54) is 32.1 Å². The van der Waals surface area contributed by atoms with Gasteiger partial charge in [-0.1, -0.05) is 30.5 Å². The molecule has 0 saturated heterocycles. The highest BCUT2D eigenvalue weighted by atomic mass is 15.4. The van der Waals surface area contributed by atoms with Crippen LogP contribution in [0.15, 0.2) is 30.6 Å². The van der Waals surface area contributed by atoms with Crippen LogP contribution in [0.3, 0.4) is 0 Å². The fraction of sp³-hybridized carbons (Fsp3) is 0.462. The van der Waals surface area contributed by atoms with Gasteiger partial charge < -0.3 is 0 Å². The minimum absolute atomic E-state index is 0.536. The predicted molar refractivity (Wildman–Crippen MR) is 65.4 cm³/mol. The second kappa shape index (κ2) is 4.65. The molecule has 2 heterocycles. The van der Waals surface area contributed by atoms with Gasteiger partial charge >= 0.3 is 0 Å². The summed E-state index contributed by atoms with van der Waals surface area (Å²) in [7, 11) is 0. The van der Waals surface area contributed by atoms with Gasteiger partial charge in [-0.3, -0.25) is 4.98 Å². The van der Waals surface area contributed by atoms with Gasteiger partial charge in [0.1, 0.15) is 5.69 Å². The summed E-state index contributed by atoms with van der Waals surface area (Å²) in [5.41, 5.74) is 1.77. The zero-order valence-corrected chi connectivity index (χ0v) is 9.79. The van der Waals surface area contributed by atoms with Crippen LogP contribution in [0, 0.1) is 0 Å². The van der Waals surface area contributed by atoms with Gasteiger partial charge in [-0.2, -0.15) is 0 Å². The molecule has 0 unspecified atom stereocenters. The molecular formula is C13H16N4. The van der Waals surface area contributed by atoms with Crippen LogP contribution >= 0.6 is 0 Å². The van der Waals surface area contributed by atoms with Crippen molar-refractivity contribution < 1.29 is 0 Å². The van der Waals surface area contributed by atoms with E-state index in [0.29, 0.717) is 6.04 Å². The Morgan fingerprint density at radius 2 is 1.94 bits per heavy atom. The Morgan fingerprint density at radius 1 is 1.06 bits per heavy atom. The normalized spacial score (nSPS) is 17.2. The summed E-state index contributed by atoms with van der Waals surface area (Å²) in [6.45, 7) is 0. The molecule has 2 aromatic rings. The van der Waals surface area contributed by atoms with Gasteiger partial charge in [0.05, 0.1) is 17.9 Å². The maximum absolute atomic E-state index is 4.29. The number of aromatic nitrogens is 4. The molecule has 17 heavy (non-hydrogen) atoms. The summed E-state index contributed by atoms with van der Waals surface area (Å²) in [6, 6.07) is 6.39. The molecule has 0 amide bonds. The Morgan fingerprint density at radius 3 is 2.71 bits per heavy atom. The quantitative estimate of drug-likeness (QED) is 0.793. The molecule has 0 radical (unpaired) electrons. The Labute approximate surface area is 101 Å². The fourth-order valence-electron chi connectivity index (χ4n) is 2.43. The van der Waals surface area contributed by atoms with Gasteiger partial charge in [-0.15, -0.1) is 5.10 Å². The van der Waals surface area contributed by atoms with Crippen LogP contribution in [0.2, 0.25) is 0 Å². The van der Waals surface area contributed by atoms with Crippen molar-refractivity contribution in [3.63, 3.8) is 0 Å². The van der Waals surface area contributed by atoms with Crippen LogP contribution < -0.4 is 0 Å². The van der Waals surface area contributed by atoms with Crippen molar-refractivity contribution in [2.75, 3.05) is 0 Å². The average molecular weight is 228 g/mol. The van der Waals surface area contributed by atoms with Crippen molar-refractivity contribution in [2.45, 2.75) is 38.1 Å². The number of rotatable bonds is 2. The second-order valence-electron chi connectivity index (χ2n) is 4.59. The van der Waals surface area contributed by atoms with Crippen molar-refractivity contribution in [3.8, 4) is 11.4 Å². The van der Waals surface area contributed by atoms with Crippen molar-refractivity contribution in [2.24, 2.45) is 0 Å². The van der Waals surface area contributed by atoms with E-state index in [1.807, 2.05) is 29.1 Å². The third-order valence-electron chi connectivity index (χ3n) is 3.39. The predicted octanol–water partition coefficient (Wildman–Crippen LogP) is 2.85. The van der Waals surface area contributed by atoms with Crippen LogP contribution in [0.25, 0.3) is 11.4 Å². The molecule has 0 aromatic carbocycles. The minimum Gasteiger partial charge on any atom is -0.254 e. The Kier molecular flexibility index (Phi) is 2.86. The summed E-state index contributed by atoms with van der Waals surface area (Å²) in [4.78, 5) is 4.29. The molecule has 0 atom stereocenters. The van der Waals surface area contributed by atoms with E-state index in [1.54, 1.807) is 6.20 Å². The first-order valence-corrected chi connectivity index (χ1v) is 6.27. The van der Waals surface area contributed by atoms with E-state index in [0.717, 1.165) is 11.4 Å². The molecule has 4 nitrogen and oxygen atoms in total. The zero-order chi connectivity index (χ0) is 11.5. The van der Waals surface area contributed by atoms with Crippen molar-refractivity contribution in [1.29, 1.82) is 0 Å². The van der Waals surface area contributed by atoms with Crippen LogP contribution in [-0.4, -0.2) is 20.0 Å². The van der Waals surface area contributed by atoms with E-state index in [2.05, 4.69) is 15.3 Å². The first kappa shape index (κ1) is 10.4. The van der Waals surface area contributed by atoms with Crippen LogP contribution in [0.4, 0.5) is 0 Å². The van der Waals surface area contributed by atoms with Crippen LogP contribution in [0.1, 0.15) is 38.1 Å². The van der Waals surface area contributed by atoms with Gasteiger partial charge in [0.2, 0.25) is 0 Å². The molecule has 1 aliphatic rings. The standard InChI is InChI=1S/C13H16N4/c1-2-6-11(7-3-1)17-10-13(15-16-17)12-8-4-5-9-14-12/h4-5,8-11H,1-3,6-7H2. The first-order valence-electron chi connectivity index (χ1n) is 6.27. The van der Waals surface area contributed by atoms with E-state index < -0.39 is 0 Å². The largest absolute Gasteiger partial charge is 0.254 e. The van der Waals surface area contributed by atoms with E-state index in [9.17, 15) is 0 Å². The summed E-state index contributed by atoms with van der Waals surface area (Å²) in [6.07, 6.45) is 10.2. The van der Waals surface area contributed by atoms with Crippen LogP contribution in [0.5, 0.6) is 0 Å². The van der Waals surface area contributed by atoms with Gasteiger partial charge in [0.15, 0.2) is 0 Å². The number of pyridine rings is 1. The van der Waals surface area contributed by atoms with Gasteiger partial charge in [0.25, 0.3) is 0 Å². The maximum atomic E-state index is 4.29. The summed E-state index contributed by atoms with van der Waals surface area (Å²) < 4.78 is 2.02. The highest BCUT2D eigenvalue weighted by molar-refractivity contribution is 5.51. The third-order valence-corrected chi connectivity index (χ3v) is 3.39. The van der Waals surface area contributed by atoms with Crippen LogP contribution in [-0.2, 0) is 0 Å². The van der Waals surface area contributed by atoms with Crippen molar-refractivity contribution in [1.82, 2.24) is 20.0 Å². The molecule has 4 heteroatoms. The highest BCUT2D eigenvalue weighted by Gasteiger charge is 2.17.